The molecule has 0 bridgehead atoms. The number of hydrogen-bond donors (Lipinski definition) is 3. The Balaban J connectivity index is 3.36. The molecule has 0 aliphatic rings. The number of rotatable bonds is 69. The predicted molar refractivity (Wildman–Crippen MR) is 352 cm³/mol. The summed E-state index contributed by atoms with van der Waals surface area (Å²) >= 11 is 0. The van der Waals surface area contributed by atoms with E-state index in [9.17, 15) is 19.8 Å². The fourth-order valence-electron chi connectivity index (χ4n) is 11.7. The molecule has 6 nitrogen and oxygen atoms in total. The Morgan fingerprint density at radius 2 is 0.625 bits per heavy atom. The maximum absolute atomic E-state index is 12.6. The van der Waals surface area contributed by atoms with Gasteiger partial charge in [-0.15, -0.1) is 0 Å². The first kappa shape index (κ1) is 78.3. The van der Waals surface area contributed by atoms with E-state index in [-0.39, 0.29) is 18.5 Å². The fraction of sp³-hybridized carbons (Fsp3) is 0.919. The number of esters is 1. The van der Waals surface area contributed by atoms with Gasteiger partial charge < -0.3 is 20.3 Å². The van der Waals surface area contributed by atoms with Crippen LogP contribution in [0.5, 0.6) is 0 Å². The van der Waals surface area contributed by atoms with E-state index in [4.69, 9.17) is 4.74 Å². The van der Waals surface area contributed by atoms with Crippen LogP contribution in [0.3, 0.4) is 0 Å². The summed E-state index contributed by atoms with van der Waals surface area (Å²) in [5, 5.41) is 23.4. The van der Waals surface area contributed by atoms with Crippen LogP contribution in [0.2, 0.25) is 0 Å². The van der Waals surface area contributed by atoms with Gasteiger partial charge >= 0.3 is 5.97 Å². The van der Waals surface area contributed by atoms with Gasteiger partial charge in [-0.25, -0.2) is 0 Å². The Kier molecular flexibility index (Phi) is 68.4. The number of allylic oxidation sites excluding steroid dienone is 4. The van der Waals surface area contributed by atoms with Crippen molar-refractivity contribution in [2.24, 2.45) is 0 Å². The molecule has 0 radical (unpaired) electrons. The molecule has 3 N–H and O–H groups in total. The van der Waals surface area contributed by atoms with Crippen LogP contribution in [-0.2, 0) is 14.3 Å². The standard InChI is InChI=1S/C74H143NO5/c1-3-5-7-9-11-13-15-17-19-21-22-29-32-35-38-42-46-50-54-58-62-66-72(77)71(70-76)75-73(78)67-63-59-55-51-47-43-39-36-33-30-27-25-23-24-26-28-31-34-37-41-45-49-53-57-61-65-69-80-74(79)68-64-60-56-52-48-44-40-20-18-16-14-12-10-8-6-4-2/h14,16,20,40,71-72,76-77H,3-13,15,17-19,21-39,41-70H2,1-2H3,(H,75,78)/b16-14-,40-20-. The second kappa shape index (κ2) is 69.8. The van der Waals surface area contributed by atoms with Gasteiger partial charge in [0.25, 0.3) is 0 Å². The van der Waals surface area contributed by atoms with E-state index in [2.05, 4.69) is 43.5 Å². The van der Waals surface area contributed by atoms with Crippen LogP contribution in [0.1, 0.15) is 412 Å². The minimum absolute atomic E-state index is 0.00473. The van der Waals surface area contributed by atoms with Gasteiger partial charge in [0.05, 0.1) is 25.4 Å². The zero-order chi connectivity index (χ0) is 57.8. The maximum Gasteiger partial charge on any atom is 0.305 e. The van der Waals surface area contributed by atoms with E-state index >= 15 is 0 Å². The average molecular weight is 1130 g/mol. The van der Waals surface area contributed by atoms with Crippen LogP contribution in [0.15, 0.2) is 24.3 Å². The lowest BCUT2D eigenvalue weighted by Gasteiger charge is -2.22. The van der Waals surface area contributed by atoms with Crippen molar-refractivity contribution in [2.75, 3.05) is 13.2 Å². The van der Waals surface area contributed by atoms with Gasteiger partial charge in [0.2, 0.25) is 5.91 Å². The van der Waals surface area contributed by atoms with Crippen molar-refractivity contribution < 1.29 is 24.5 Å². The Morgan fingerprint density at radius 1 is 0.350 bits per heavy atom. The molecule has 0 saturated heterocycles. The summed E-state index contributed by atoms with van der Waals surface area (Å²) < 4.78 is 5.49. The Bertz CT molecular complexity index is 1250. The molecule has 0 fully saturated rings. The normalized spacial score (nSPS) is 12.6. The highest BCUT2D eigenvalue weighted by Crippen LogP contribution is 2.19. The summed E-state index contributed by atoms with van der Waals surface area (Å²) in [6, 6.07) is -0.541. The summed E-state index contributed by atoms with van der Waals surface area (Å²) in [5.41, 5.74) is 0. The van der Waals surface area contributed by atoms with Crippen molar-refractivity contribution in [3.63, 3.8) is 0 Å². The van der Waals surface area contributed by atoms with Crippen molar-refractivity contribution in [3.05, 3.63) is 24.3 Å². The molecule has 2 atom stereocenters. The number of unbranched alkanes of at least 4 members (excludes halogenated alkanes) is 54. The zero-order valence-corrected chi connectivity index (χ0v) is 54.3. The highest BCUT2D eigenvalue weighted by atomic mass is 16.5. The molecule has 0 saturated carbocycles. The number of hydrogen-bond acceptors (Lipinski definition) is 5. The van der Waals surface area contributed by atoms with Crippen molar-refractivity contribution in [2.45, 2.75) is 424 Å². The topological polar surface area (TPSA) is 95.9 Å². The Labute approximate surface area is 501 Å². The highest BCUT2D eigenvalue weighted by molar-refractivity contribution is 5.76. The van der Waals surface area contributed by atoms with Crippen molar-refractivity contribution in [1.82, 2.24) is 5.32 Å². The lowest BCUT2D eigenvalue weighted by molar-refractivity contribution is -0.143. The summed E-state index contributed by atoms with van der Waals surface area (Å²) in [6.45, 7) is 4.97. The van der Waals surface area contributed by atoms with E-state index in [1.807, 2.05) is 0 Å². The predicted octanol–water partition coefficient (Wildman–Crippen LogP) is 23.7. The third-order valence-electron chi connectivity index (χ3n) is 17.3. The molecule has 0 aliphatic heterocycles. The minimum Gasteiger partial charge on any atom is -0.466 e. The van der Waals surface area contributed by atoms with E-state index in [1.165, 1.54) is 327 Å². The molecule has 0 rings (SSSR count). The smallest absolute Gasteiger partial charge is 0.305 e. The molecule has 6 heteroatoms. The van der Waals surface area contributed by atoms with Gasteiger partial charge in [0.1, 0.15) is 0 Å². The number of aliphatic hydroxyl groups is 2. The second-order valence-corrected chi connectivity index (χ2v) is 25.3. The molecule has 474 valence electrons. The van der Waals surface area contributed by atoms with Crippen molar-refractivity contribution in [3.8, 4) is 0 Å². The van der Waals surface area contributed by atoms with Crippen molar-refractivity contribution >= 4 is 11.9 Å². The average Bonchev–Trinajstić information content (AvgIpc) is 3.46. The molecule has 80 heavy (non-hydrogen) atoms. The van der Waals surface area contributed by atoms with Crippen LogP contribution in [0.25, 0.3) is 0 Å². The van der Waals surface area contributed by atoms with E-state index in [1.54, 1.807) is 0 Å². The fourth-order valence-corrected chi connectivity index (χ4v) is 11.7. The number of ether oxygens (including phenoxy) is 1. The van der Waals surface area contributed by atoms with Gasteiger partial charge in [-0.3, -0.25) is 9.59 Å². The number of carbonyl (C=O) groups excluding carboxylic acids is 2. The van der Waals surface area contributed by atoms with Gasteiger partial charge in [-0.2, -0.15) is 0 Å². The Hall–Kier alpha value is -1.66. The zero-order valence-electron chi connectivity index (χ0n) is 54.3. The number of nitrogens with one attached hydrogen (secondary N) is 1. The quantitative estimate of drug-likeness (QED) is 0.0320. The maximum atomic E-state index is 12.6. The van der Waals surface area contributed by atoms with Crippen LogP contribution >= 0.6 is 0 Å². The Morgan fingerprint density at radius 3 is 0.963 bits per heavy atom. The highest BCUT2D eigenvalue weighted by Gasteiger charge is 2.20. The van der Waals surface area contributed by atoms with Crippen LogP contribution in [0, 0.1) is 0 Å². The first-order chi connectivity index (χ1) is 39.5. The molecule has 2 unspecified atom stereocenters. The number of aliphatic hydroxyl groups excluding tert-OH is 2. The molecular formula is C74H143NO5. The third kappa shape index (κ3) is 65.5. The summed E-state index contributed by atoms with van der Waals surface area (Å²) in [6.07, 6.45) is 88.0. The molecular weight excluding hydrogens is 983 g/mol. The van der Waals surface area contributed by atoms with Crippen molar-refractivity contribution in [1.29, 1.82) is 0 Å². The molecule has 0 aromatic heterocycles. The molecule has 0 aromatic rings. The van der Waals surface area contributed by atoms with E-state index in [0.717, 1.165) is 51.4 Å². The van der Waals surface area contributed by atoms with Gasteiger partial charge in [-0.05, 0) is 57.8 Å². The SMILES string of the molecule is CCCCCC/C=C\C/C=C\CCCCCCCC(=O)OCCCCCCCCCCCCCCCCCCCCCCCCCCCCC(=O)NC(CO)C(O)CCCCCCCCCCCCCCCCCCCCCCC. The minimum atomic E-state index is -0.664. The summed E-state index contributed by atoms with van der Waals surface area (Å²) in [5.74, 6) is -0.0234. The van der Waals surface area contributed by atoms with E-state index in [0.29, 0.717) is 25.9 Å². The van der Waals surface area contributed by atoms with Gasteiger partial charge in [0.15, 0.2) is 0 Å². The van der Waals surface area contributed by atoms with Crippen LogP contribution in [-0.4, -0.2) is 47.4 Å². The van der Waals surface area contributed by atoms with E-state index < -0.39 is 12.1 Å². The lowest BCUT2D eigenvalue weighted by atomic mass is 10.0. The second-order valence-electron chi connectivity index (χ2n) is 25.3. The number of carbonyl (C=O) groups is 2. The molecule has 0 heterocycles. The summed E-state index contributed by atoms with van der Waals surface area (Å²) in [4.78, 5) is 24.6. The number of amides is 1. The molecule has 0 aliphatic carbocycles. The third-order valence-corrected chi connectivity index (χ3v) is 17.3. The first-order valence-electron chi connectivity index (χ1n) is 36.6. The largest absolute Gasteiger partial charge is 0.466 e. The van der Waals surface area contributed by atoms with Gasteiger partial charge in [0, 0.05) is 12.8 Å². The molecule has 1 amide bonds. The summed E-state index contributed by atoms with van der Waals surface area (Å²) in [7, 11) is 0. The van der Waals surface area contributed by atoms with Gasteiger partial charge in [-0.1, -0.05) is 366 Å². The monoisotopic (exact) mass is 1130 g/mol. The lowest BCUT2D eigenvalue weighted by Crippen LogP contribution is -2.45. The first-order valence-corrected chi connectivity index (χ1v) is 36.6. The molecule has 0 aromatic carbocycles. The molecule has 0 spiro atoms. The van der Waals surface area contributed by atoms with Crippen LogP contribution in [0.4, 0.5) is 0 Å². The van der Waals surface area contributed by atoms with Crippen LogP contribution < -0.4 is 5.32 Å².